The molecule has 1 unspecified atom stereocenters. The van der Waals surface area contributed by atoms with E-state index in [2.05, 4.69) is 5.32 Å². The summed E-state index contributed by atoms with van der Waals surface area (Å²) in [4.78, 5) is 24.5. The van der Waals surface area contributed by atoms with E-state index < -0.39 is 5.91 Å². The molecule has 0 aromatic heterocycles. The fraction of sp³-hybridized carbons (Fsp3) is 0.200. The molecule has 0 saturated heterocycles. The van der Waals surface area contributed by atoms with Crippen LogP contribution < -0.4 is 15.5 Å². The minimum absolute atomic E-state index is 0.0540. The Morgan fingerprint density at radius 1 is 1.03 bits per heavy atom. The van der Waals surface area contributed by atoms with Gasteiger partial charge in [-0.3, -0.25) is 14.8 Å². The molecule has 0 saturated carbocycles. The highest BCUT2D eigenvalue weighted by Gasteiger charge is 2.15. The van der Waals surface area contributed by atoms with Crippen LogP contribution in [0.4, 0.5) is 0 Å². The summed E-state index contributed by atoms with van der Waals surface area (Å²) in [7, 11) is 1.58. The van der Waals surface area contributed by atoms with Gasteiger partial charge in [0.25, 0.3) is 11.8 Å². The first-order valence-electron chi connectivity index (χ1n) is 10.2. The van der Waals surface area contributed by atoms with Crippen molar-refractivity contribution in [3.63, 3.8) is 0 Å². The van der Waals surface area contributed by atoms with E-state index in [1.807, 2.05) is 49.4 Å². The van der Waals surface area contributed by atoms with E-state index in [1.54, 1.807) is 42.9 Å². The Bertz CT molecular complexity index is 1100. The van der Waals surface area contributed by atoms with Crippen LogP contribution in [0.1, 0.15) is 22.8 Å². The van der Waals surface area contributed by atoms with E-state index in [0.29, 0.717) is 29.1 Å². The molecule has 0 aliphatic rings. The number of carbonyl (C=O) groups excluding carboxylic acids is 2. The number of hydrogen-bond acceptors (Lipinski definition) is 5. The summed E-state index contributed by atoms with van der Waals surface area (Å²) < 4.78 is 11.1. The number of amides is 2. The number of benzene rings is 3. The maximum atomic E-state index is 12.9. The van der Waals surface area contributed by atoms with Crippen molar-refractivity contribution in [2.75, 3.05) is 20.3 Å². The van der Waals surface area contributed by atoms with Crippen LogP contribution in [0.3, 0.4) is 0 Å². The molecule has 7 heteroatoms. The Balaban J connectivity index is 1.85. The van der Waals surface area contributed by atoms with Crippen LogP contribution in [-0.4, -0.2) is 43.4 Å². The van der Waals surface area contributed by atoms with E-state index in [9.17, 15) is 9.59 Å². The second-order valence-corrected chi connectivity index (χ2v) is 7.33. The zero-order valence-electron chi connectivity index (χ0n) is 18.0. The topological polar surface area (TPSA) is 96.9 Å². The lowest BCUT2D eigenvalue weighted by molar-refractivity contribution is -0.118. The van der Waals surface area contributed by atoms with Crippen LogP contribution in [0.15, 0.2) is 72.3 Å². The van der Waals surface area contributed by atoms with Gasteiger partial charge in [-0.2, -0.15) is 0 Å². The Morgan fingerprint density at radius 2 is 1.75 bits per heavy atom. The third-order valence-electron chi connectivity index (χ3n) is 4.83. The Hall–Kier alpha value is -3.68. The van der Waals surface area contributed by atoms with Crippen LogP contribution in [0.2, 0.25) is 0 Å². The van der Waals surface area contributed by atoms with Crippen molar-refractivity contribution < 1.29 is 24.3 Å². The number of hydrogen-bond donors (Lipinski definition) is 3. The molecule has 2 amide bonds. The quantitative estimate of drug-likeness (QED) is 0.272. The molecule has 0 fully saturated rings. The number of methoxy groups -OCH3 is 1. The van der Waals surface area contributed by atoms with Gasteiger partial charge in [0.15, 0.2) is 0 Å². The van der Waals surface area contributed by atoms with Crippen molar-refractivity contribution in [3.05, 3.63) is 83.4 Å². The van der Waals surface area contributed by atoms with Crippen molar-refractivity contribution >= 4 is 28.7 Å². The van der Waals surface area contributed by atoms with Crippen LogP contribution in [0.25, 0.3) is 16.8 Å². The summed E-state index contributed by atoms with van der Waals surface area (Å²) in [5.74, 6) is -0.195. The summed E-state index contributed by atoms with van der Waals surface area (Å²) in [5, 5.41) is 13.7. The maximum absolute atomic E-state index is 12.9. The Morgan fingerprint density at radius 3 is 2.47 bits per heavy atom. The van der Waals surface area contributed by atoms with Crippen molar-refractivity contribution in [1.82, 2.24) is 10.8 Å². The largest absolute Gasteiger partial charge is 0.488 e. The Labute approximate surface area is 186 Å². The molecule has 166 valence electrons. The second-order valence-electron chi connectivity index (χ2n) is 7.33. The van der Waals surface area contributed by atoms with Crippen molar-refractivity contribution in [2.24, 2.45) is 0 Å². The van der Waals surface area contributed by atoms with Crippen LogP contribution in [-0.2, 0) is 9.53 Å². The van der Waals surface area contributed by atoms with Gasteiger partial charge in [0.1, 0.15) is 12.4 Å². The molecular weight excluding hydrogens is 408 g/mol. The van der Waals surface area contributed by atoms with Crippen LogP contribution in [0, 0.1) is 0 Å². The second kappa shape index (κ2) is 11.1. The highest BCUT2D eigenvalue weighted by atomic mass is 16.5. The third-order valence-corrected chi connectivity index (χ3v) is 4.83. The molecule has 0 heterocycles. The average molecular weight is 434 g/mol. The van der Waals surface area contributed by atoms with Gasteiger partial charge < -0.3 is 14.8 Å². The molecule has 0 bridgehead atoms. The van der Waals surface area contributed by atoms with E-state index in [-0.39, 0.29) is 18.6 Å². The molecule has 32 heavy (non-hydrogen) atoms. The smallest absolute Gasteiger partial charge is 0.274 e. The molecule has 3 aromatic carbocycles. The van der Waals surface area contributed by atoms with Gasteiger partial charge in [0.05, 0.1) is 12.2 Å². The lowest BCUT2D eigenvalue weighted by atomic mass is 10.1. The molecule has 0 aliphatic heterocycles. The summed E-state index contributed by atoms with van der Waals surface area (Å²) in [6.45, 7) is 2.29. The number of ether oxygens (including phenoxy) is 2. The first-order valence-corrected chi connectivity index (χ1v) is 10.2. The van der Waals surface area contributed by atoms with Gasteiger partial charge in [-0.15, -0.1) is 0 Å². The van der Waals surface area contributed by atoms with Crippen LogP contribution in [0.5, 0.6) is 5.75 Å². The maximum Gasteiger partial charge on any atom is 0.274 e. The van der Waals surface area contributed by atoms with Crippen molar-refractivity contribution in [1.29, 1.82) is 0 Å². The summed E-state index contributed by atoms with van der Waals surface area (Å²) in [6, 6.07) is 20.0. The minimum atomic E-state index is -0.605. The lowest BCUT2D eigenvalue weighted by Crippen LogP contribution is -2.37. The SMILES string of the molecule is COCC(C)NC(=O)C(=Cc1ccc(C(=O)NO)cc1)COc1cccc2ccccc12. The molecule has 1 atom stereocenters. The highest BCUT2D eigenvalue weighted by Crippen LogP contribution is 2.25. The fourth-order valence-electron chi connectivity index (χ4n) is 3.25. The number of carbonyl (C=O) groups is 2. The molecule has 0 spiro atoms. The summed E-state index contributed by atoms with van der Waals surface area (Å²) in [6.07, 6.45) is 1.71. The van der Waals surface area contributed by atoms with E-state index in [4.69, 9.17) is 14.7 Å². The number of hydroxylamine groups is 1. The molecule has 3 rings (SSSR count). The van der Waals surface area contributed by atoms with E-state index in [0.717, 1.165) is 10.8 Å². The van der Waals surface area contributed by atoms with E-state index >= 15 is 0 Å². The lowest BCUT2D eigenvalue weighted by Gasteiger charge is -2.16. The molecule has 3 aromatic rings. The molecule has 0 aliphatic carbocycles. The molecule has 0 radical (unpaired) electrons. The number of nitrogens with one attached hydrogen (secondary N) is 2. The number of fused-ring (bicyclic) bond motifs is 1. The fourth-order valence-corrected chi connectivity index (χ4v) is 3.25. The predicted octanol–water partition coefficient (Wildman–Crippen LogP) is 3.57. The summed E-state index contributed by atoms with van der Waals surface area (Å²) in [5.41, 5.74) is 3.03. The standard InChI is InChI=1S/C25H26N2O5/c1-17(15-31-2)26-24(28)21(14-18-10-12-20(13-11-18)25(29)27-30)16-32-23-9-5-7-19-6-3-4-8-22(19)23/h3-14,17,30H,15-16H2,1-2H3,(H,26,28)(H,27,29). The number of rotatable bonds is 9. The highest BCUT2D eigenvalue weighted by molar-refractivity contribution is 5.99. The zero-order chi connectivity index (χ0) is 22.9. The Kier molecular flexibility index (Phi) is 7.96. The molecule has 7 nitrogen and oxygen atoms in total. The molecule has 3 N–H and O–H groups in total. The first kappa shape index (κ1) is 23.0. The average Bonchev–Trinajstić information content (AvgIpc) is 2.81. The monoisotopic (exact) mass is 434 g/mol. The van der Waals surface area contributed by atoms with Gasteiger partial charge in [-0.1, -0.05) is 48.5 Å². The van der Waals surface area contributed by atoms with Gasteiger partial charge >= 0.3 is 0 Å². The summed E-state index contributed by atoms with van der Waals surface area (Å²) >= 11 is 0. The molecular formula is C25H26N2O5. The van der Waals surface area contributed by atoms with Gasteiger partial charge in [-0.25, -0.2) is 5.48 Å². The van der Waals surface area contributed by atoms with Crippen molar-refractivity contribution in [2.45, 2.75) is 13.0 Å². The van der Waals surface area contributed by atoms with E-state index in [1.165, 1.54) is 0 Å². The van der Waals surface area contributed by atoms with Crippen molar-refractivity contribution in [3.8, 4) is 5.75 Å². The van der Waals surface area contributed by atoms with Gasteiger partial charge in [0, 0.05) is 24.1 Å². The van der Waals surface area contributed by atoms with Crippen LogP contribution >= 0.6 is 0 Å². The minimum Gasteiger partial charge on any atom is -0.488 e. The first-order chi connectivity index (χ1) is 15.5. The predicted molar refractivity (Wildman–Crippen MR) is 123 cm³/mol. The normalized spacial score (nSPS) is 12.3. The third kappa shape index (κ3) is 5.94. The van der Waals surface area contributed by atoms with Gasteiger partial charge in [0.2, 0.25) is 0 Å². The van der Waals surface area contributed by atoms with Gasteiger partial charge in [-0.05, 0) is 42.1 Å². The zero-order valence-corrected chi connectivity index (χ0v) is 18.0.